The normalized spacial score (nSPS) is 11.9. The number of carbonyl (C=O) groups is 1. The number of aromatic nitrogens is 1. The first-order chi connectivity index (χ1) is 11.7. The Balaban J connectivity index is 3.09. The number of rotatable bonds is 10. The first-order valence-corrected chi connectivity index (χ1v) is 9.20. The molecule has 1 rings (SSSR count). The highest BCUT2D eigenvalue weighted by Crippen LogP contribution is 2.31. The Hall–Kier alpha value is -1.62. The lowest BCUT2D eigenvalue weighted by Crippen LogP contribution is -2.48. The molecule has 0 aliphatic heterocycles. The van der Waals surface area contributed by atoms with Crippen LogP contribution in [0.25, 0.3) is 0 Å². The third-order valence-electron chi connectivity index (χ3n) is 3.95. The predicted octanol–water partition coefficient (Wildman–Crippen LogP) is 4.59. The van der Waals surface area contributed by atoms with Gasteiger partial charge in [-0.05, 0) is 44.1 Å². The zero-order valence-electron chi connectivity index (χ0n) is 16.8. The lowest BCUT2D eigenvalue weighted by molar-refractivity contribution is -0.147. The molecule has 0 aliphatic rings. The van der Waals surface area contributed by atoms with E-state index in [1.54, 1.807) is 13.3 Å². The van der Waals surface area contributed by atoms with Crippen molar-refractivity contribution in [3.8, 4) is 5.88 Å². The van der Waals surface area contributed by atoms with Crippen molar-refractivity contribution < 1.29 is 14.3 Å². The first kappa shape index (κ1) is 21.4. The molecule has 0 fully saturated rings. The molecule has 0 saturated heterocycles. The van der Waals surface area contributed by atoms with Crippen LogP contribution in [0.15, 0.2) is 12.3 Å². The third kappa shape index (κ3) is 6.31. The number of methoxy groups -OCH3 is 1. The van der Waals surface area contributed by atoms with Gasteiger partial charge in [-0.3, -0.25) is 4.79 Å². The van der Waals surface area contributed by atoms with Gasteiger partial charge < -0.3 is 14.8 Å². The van der Waals surface area contributed by atoms with Crippen molar-refractivity contribution in [2.45, 2.75) is 66.4 Å². The number of carbonyl (C=O) groups excluding carboxylic acids is 1. The molecule has 1 heterocycles. The number of amides is 1. The molecule has 1 aromatic rings. The van der Waals surface area contributed by atoms with Gasteiger partial charge in [-0.25, -0.2) is 4.98 Å². The quantitative estimate of drug-likeness (QED) is 0.670. The van der Waals surface area contributed by atoms with Crippen molar-refractivity contribution in [1.82, 2.24) is 4.98 Å². The minimum Gasteiger partial charge on any atom is -0.481 e. The largest absolute Gasteiger partial charge is 0.481 e. The molecule has 0 aliphatic carbocycles. The van der Waals surface area contributed by atoms with Gasteiger partial charge in [0, 0.05) is 12.2 Å². The lowest BCUT2D eigenvalue weighted by atomic mass is 9.83. The highest BCUT2D eigenvalue weighted by molar-refractivity contribution is 5.97. The Labute approximate surface area is 152 Å². The molecule has 0 radical (unpaired) electrons. The minimum absolute atomic E-state index is 0.0882. The smallest absolute Gasteiger partial charge is 0.256 e. The highest BCUT2D eigenvalue weighted by Gasteiger charge is 2.40. The second-order valence-corrected chi connectivity index (χ2v) is 7.54. The van der Waals surface area contributed by atoms with Crippen LogP contribution in [0, 0.1) is 18.8 Å². The summed E-state index contributed by atoms with van der Waals surface area (Å²) < 4.78 is 11.3. The summed E-state index contributed by atoms with van der Waals surface area (Å²) in [5.41, 5.74) is 0.736. The van der Waals surface area contributed by atoms with Crippen molar-refractivity contribution in [3.05, 3.63) is 17.8 Å². The molecule has 1 N–H and O–H groups in total. The lowest BCUT2D eigenvalue weighted by Gasteiger charge is -2.35. The molecule has 1 aromatic heterocycles. The molecule has 142 valence electrons. The van der Waals surface area contributed by atoms with E-state index in [-0.39, 0.29) is 5.91 Å². The molecule has 0 bridgehead atoms. The molecule has 0 unspecified atom stereocenters. The Bertz CT molecular complexity index is 546. The van der Waals surface area contributed by atoms with E-state index in [2.05, 4.69) is 44.9 Å². The van der Waals surface area contributed by atoms with Crippen LogP contribution in [0.5, 0.6) is 5.88 Å². The molecule has 0 aromatic carbocycles. The van der Waals surface area contributed by atoms with Crippen LogP contribution in [0.3, 0.4) is 0 Å². The van der Waals surface area contributed by atoms with Crippen molar-refractivity contribution in [2.24, 2.45) is 11.8 Å². The first-order valence-electron chi connectivity index (χ1n) is 9.20. The fourth-order valence-corrected chi connectivity index (χ4v) is 3.16. The van der Waals surface area contributed by atoms with E-state index >= 15 is 0 Å². The van der Waals surface area contributed by atoms with Gasteiger partial charge in [-0.1, -0.05) is 34.6 Å². The van der Waals surface area contributed by atoms with Gasteiger partial charge in [-0.15, -0.1) is 0 Å². The maximum atomic E-state index is 13.2. The van der Waals surface area contributed by atoms with E-state index in [1.165, 1.54) is 0 Å². The summed E-state index contributed by atoms with van der Waals surface area (Å²) in [7, 11) is 1.59. The molecule has 5 nitrogen and oxygen atoms in total. The van der Waals surface area contributed by atoms with E-state index in [0.29, 0.717) is 42.9 Å². The van der Waals surface area contributed by atoms with Crippen LogP contribution in [-0.4, -0.2) is 30.2 Å². The average molecular weight is 351 g/mol. The van der Waals surface area contributed by atoms with E-state index in [4.69, 9.17) is 9.47 Å². The zero-order valence-corrected chi connectivity index (χ0v) is 16.8. The number of ether oxygens (including phenoxy) is 2. The van der Waals surface area contributed by atoms with E-state index in [0.717, 1.165) is 12.0 Å². The zero-order chi connectivity index (χ0) is 19.0. The van der Waals surface area contributed by atoms with Crippen molar-refractivity contribution in [3.63, 3.8) is 0 Å². The van der Waals surface area contributed by atoms with Gasteiger partial charge >= 0.3 is 0 Å². The summed E-state index contributed by atoms with van der Waals surface area (Å²) in [5, 5.41) is 3.01. The van der Waals surface area contributed by atoms with Crippen molar-refractivity contribution in [2.75, 3.05) is 19.0 Å². The number of hydrogen-bond acceptors (Lipinski definition) is 4. The van der Waals surface area contributed by atoms with Gasteiger partial charge in [0.2, 0.25) is 5.88 Å². The SMILES string of the molecule is CCCOC(CC(C)C)(CC(C)C)C(=O)Nc1cnc(OC)c(C)c1. The fraction of sp³-hybridized carbons (Fsp3) is 0.700. The van der Waals surface area contributed by atoms with Gasteiger partial charge in [0.25, 0.3) is 5.91 Å². The standard InChI is InChI=1S/C20H34N2O3/c1-8-9-25-20(11-14(2)3,12-15(4)5)19(23)22-17-10-16(6)18(24-7)21-13-17/h10,13-15H,8-9,11-12H2,1-7H3,(H,22,23). The number of anilines is 1. The Morgan fingerprint density at radius 3 is 2.28 bits per heavy atom. The van der Waals surface area contributed by atoms with Crippen LogP contribution in [0.4, 0.5) is 5.69 Å². The summed E-state index contributed by atoms with van der Waals surface area (Å²) in [6.45, 7) is 13.0. The topological polar surface area (TPSA) is 60.5 Å². The van der Waals surface area contributed by atoms with Crippen LogP contribution >= 0.6 is 0 Å². The highest BCUT2D eigenvalue weighted by atomic mass is 16.5. The van der Waals surface area contributed by atoms with Crippen LogP contribution in [0.2, 0.25) is 0 Å². The molecular formula is C20H34N2O3. The summed E-state index contributed by atoms with van der Waals surface area (Å²) in [6, 6.07) is 1.87. The number of aryl methyl sites for hydroxylation is 1. The minimum atomic E-state index is -0.813. The average Bonchev–Trinajstić information content (AvgIpc) is 2.51. The maximum Gasteiger partial charge on any atom is 0.256 e. The van der Waals surface area contributed by atoms with Crippen LogP contribution in [0.1, 0.15) is 59.4 Å². The van der Waals surface area contributed by atoms with Gasteiger partial charge in [0.05, 0.1) is 19.0 Å². The van der Waals surface area contributed by atoms with E-state index in [9.17, 15) is 4.79 Å². The Kier molecular flexibility index (Phi) is 8.36. The van der Waals surface area contributed by atoms with Crippen molar-refractivity contribution in [1.29, 1.82) is 0 Å². The summed E-state index contributed by atoms with van der Waals surface area (Å²) in [6.07, 6.45) is 3.90. The molecule has 0 saturated carbocycles. The summed E-state index contributed by atoms with van der Waals surface area (Å²) in [5.74, 6) is 1.19. The summed E-state index contributed by atoms with van der Waals surface area (Å²) in [4.78, 5) is 17.4. The van der Waals surface area contributed by atoms with Crippen molar-refractivity contribution >= 4 is 11.6 Å². The number of pyridine rings is 1. The number of nitrogens with one attached hydrogen (secondary N) is 1. The predicted molar refractivity (Wildman–Crippen MR) is 102 cm³/mol. The molecule has 0 atom stereocenters. The van der Waals surface area contributed by atoms with Gasteiger partial charge in [-0.2, -0.15) is 0 Å². The molecular weight excluding hydrogens is 316 g/mol. The van der Waals surface area contributed by atoms with Gasteiger partial charge in [0.15, 0.2) is 0 Å². The second-order valence-electron chi connectivity index (χ2n) is 7.54. The van der Waals surface area contributed by atoms with Gasteiger partial charge in [0.1, 0.15) is 5.60 Å². The molecule has 25 heavy (non-hydrogen) atoms. The molecule has 0 spiro atoms. The Morgan fingerprint density at radius 1 is 1.24 bits per heavy atom. The number of hydrogen-bond donors (Lipinski definition) is 1. The molecule has 5 heteroatoms. The monoisotopic (exact) mass is 350 g/mol. The van der Waals surface area contributed by atoms with E-state index in [1.807, 2.05) is 13.0 Å². The van der Waals surface area contributed by atoms with Crippen LogP contribution < -0.4 is 10.1 Å². The second kappa shape index (κ2) is 9.76. The van der Waals surface area contributed by atoms with E-state index < -0.39 is 5.60 Å². The molecule has 1 amide bonds. The third-order valence-corrected chi connectivity index (χ3v) is 3.95. The van der Waals surface area contributed by atoms with Crippen LogP contribution in [-0.2, 0) is 9.53 Å². The Morgan fingerprint density at radius 2 is 1.84 bits per heavy atom. The summed E-state index contributed by atoms with van der Waals surface area (Å²) >= 11 is 0. The maximum absolute atomic E-state index is 13.2. The fourth-order valence-electron chi connectivity index (χ4n) is 3.16. The number of nitrogens with zero attached hydrogens (tertiary/aromatic N) is 1.